The van der Waals surface area contributed by atoms with Gasteiger partial charge in [-0.05, 0) is 12.1 Å². The van der Waals surface area contributed by atoms with Gasteiger partial charge in [0.25, 0.3) is 0 Å². The molecule has 1 aromatic rings. The zero-order valence-corrected chi connectivity index (χ0v) is 10.7. The van der Waals surface area contributed by atoms with Crippen LogP contribution in [-0.4, -0.2) is 38.1 Å². The van der Waals surface area contributed by atoms with Gasteiger partial charge in [0, 0.05) is 17.7 Å². The summed E-state index contributed by atoms with van der Waals surface area (Å²) in [6, 6.07) is 6.76. The van der Waals surface area contributed by atoms with E-state index in [0.717, 1.165) is 6.42 Å². The van der Waals surface area contributed by atoms with E-state index >= 15 is 0 Å². The molecule has 0 saturated carbocycles. The van der Waals surface area contributed by atoms with E-state index in [0.29, 0.717) is 24.5 Å². The molecule has 1 saturated heterocycles. The molecule has 1 atom stereocenters. The topological polar surface area (TPSA) is 83.1 Å². The van der Waals surface area contributed by atoms with E-state index < -0.39 is 5.97 Å². The van der Waals surface area contributed by atoms with E-state index in [9.17, 15) is 4.79 Å². The standard InChI is InChI=1S/C13H16N2O4/c1-17-13(16)12(9-2-4-10(14)5-3-9)15-19-11-6-7-18-8-11/h2-5,11H,6-8,14H2,1H3/b15-12+/t11-/m1/s1. The maximum Gasteiger partial charge on any atom is 0.360 e. The van der Waals surface area contributed by atoms with Crippen molar-refractivity contribution in [3.8, 4) is 0 Å². The molecule has 0 aliphatic carbocycles. The Balaban J connectivity index is 2.17. The lowest BCUT2D eigenvalue weighted by atomic mass is 10.1. The van der Waals surface area contributed by atoms with Crippen molar-refractivity contribution in [1.82, 2.24) is 0 Å². The Morgan fingerprint density at radius 1 is 1.42 bits per heavy atom. The maximum absolute atomic E-state index is 11.7. The number of oxime groups is 1. The van der Waals surface area contributed by atoms with Crippen LogP contribution in [0.4, 0.5) is 5.69 Å². The van der Waals surface area contributed by atoms with Gasteiger partial charge in [-0.1, -0.05) is 17.3 Å². The quantitative estimate of drug-likeness (QED) is 0.379. The summed E-state index contributed by atoms with van der Waals surface area (Å²) in [4.78, 5) is 17.0. The Morgan fingerprint density at radius 2 is 2.16 bits per heavy atom. The van der Waals surface area contributed by atoms with Crippen molar-refractivity contribution >= 4 is 17.4 Å². The van der Waals surface area contributed by atoms with Gasteiger partial charge in [-0.3, -0.25) is 0 Å². The predicted octanol–water partition coefficient (Wildman–Crippen LogP) is 0.951. The summed E-state index contributed by atoms with van der Waals surface area (Å²) in [5.41, 5.74) is 6.93. The molecule has 0 unspecified atom stereocenters. The van der Waals surface area contributed by atoms with E-state index in [4.69, 9.17) is 20.0 Å². The summed E-state index contributed by atoms with van der Waals surface area (Å²) in [6.45, 7) is 1.13. The van der Waals surface area contributed by atoms with E-state index in [1.165, 1.54) is 7.11 Å². The largest absolute Gasteiger partial charge is 0.464 e. The van der Waals surface area contributed by atoms with E-state index in [1.54, 1.807) is 24.3 Å². The highest BCUT2D eigenvalue weighted by molar-refractivity contribution is 6.43. The zero-order chi connectivity index (χ0) is 13.7. The van der Waals surface area contributed by atoms with Gasteiger partial charge >= 0.3 is 5.97 Å². The number of nitrogens with zero attached hydrogens (tertiary/aromatic N) is 1. The second kappa shape index (κ2) is 6.19. The number of ether oxygens (including phenoxy) is 2. The first-order valence-electron chi connectivity index (χ1n) is 5.96. The summed E-state index contributed by atoms with van der Waals surface area (Å²) in [5, 5.41) is 3.90. The van der Waals surface area contributed by atoms with Gasteiger partial charge in [0.1, 0.15) is 0 Å². The molecule has 0 spiro atoms. The Bertz CT molecular complexity index is 464. The molecular weight excluding hydrogens is 248 g/mol. The number of nitrogens with two attached hydrogens (primary N) is 1. The first kappa shape index (κ1) is 13.4. The maximum atomic E-state index is 11.7. The summed E-state index contributed by atoms with van der Waals surface area (Å²) in [7, 11) is 1.30. The number of hydrogen-bond acceptors (Lipinski definition) is 6. The average molecular weight is 264 g/mol. The van der Waals surface area contributed by atoms with Crippen LogP contribution in [0.5, 0.6) is 0 Å². The monoisotopic (exact) mass is 264 g/mol. The highest BCUT2D eigenvalue weighted by atomic mass is 16.7. The highest BCUT2D eigenvalue weighted by Gasteiger charge is 2.20. The summed E-state index contributed by atoms with van der Waals surface area (Å²) >= 11 is 0. The number of rotatable bonds is 4. The fraction of sp³-hybridized carbons (Fsp3) is 0.385. The van der Waals surface area contributed by atoms with Crippen LogP contribution in [0.15, 0.2) is 29.4 Å². The van der Waals surface area contributed by atoms with Gasteiger partial charge in [-0.15, -0.1) is 0 Å². The van der Waals surface area contributed by atoms with E-state index in [1.807, 2.05) is 0 Å². The fourth-order valence-electron chi connectivity index (χ4n) is 1.67. The molecule has 0 aromatic heterocycles. The Hall–Kier alpha value is -2.08. The molecule has 102 valence electrons. The van der Waals surface area contributed by atoms with Gasteiger partial charge in [-0.25, -0.2) is 4.79 Å². The summed E-state index contributed by atoms with van der Waals surface area (Å²) < 4.78 is 9.87. The predicted molar refractivity (Wildman–Crippen MR) is 69.7 cm³/mol. The molecule has 0 bridgehead atoms. The molecule has 6 nitrogen and oxygen atoms in total. The first-order valence-corrected chi connectivity index (χ1v) is 5.96. The van der Waals surface area contributed by atoms with Crippen LogP contribution < -0.4 is 5.73 Å². The van der Waals surface area contributed by atoms with Crippen LogP contribution >= 0.6 is 0 Å². The zero-order valence-electron chi connectivity index (χ0n) is 10.7. The number of methoxy groups -OCH3 is 1. The van der Waals surface area contributed by atoms with Gasteiger partial charge in [0.05, 0.1) is 20.3 Å². The number of benzene rings is 1. The Labute approximate surface area is 111 Å². The summed E-state index contributed by atoms with van der Waals surface area (Å²) in [5.74, 6) is -0.552. The molecule has 1 aromatic carbocycles. The Morgan fingerprint density at radius 3 is 2.74 bits per heavy atom. The SMILES string of the molecule is COC(=O)/C(=N/O[C@@H]1CCOC1)c1ccc(N)cc1. The Kier molecular flexibility index (Phi) is 4.35. The van der Waals surface area contributed by atoms with Crippen LogP contribution in [0, 0.1) is 0 Å². The van der Waals surface area contributed by atoms with E-state index in [2.05, 4.69) is 5.16 Å². The number of carbonyl (C=O) groups excluding carboxylic acids is 1. The molecule has 19 heavy (non-hydrogen) atoms. The van der Waals surface area contributed by atoms with Crippen molar-refractivity contribution < 1.29 is 19.1 Å². The third-order valence-electron chi connectivity index (χ3n) is 2.74. The number of hydrogen-bond donors (Lipinski definition) is 1. The third-order valence-corrected chi connectivity index (χ3v) is 2.74. The van der Waals surface area contributed by atoms with Gasteiger partial charge in [0.2, 0.25) is 0 Å². The van der Waals surface area contributed by atoms with Crippen molar-refractivity contribution in [2.45, 2.75) is 12.5 Å². The summed E-state index contributed by atoms with van der Waals surface area (Å²) in [6.07, 6.45) is 0.646. The second-order valence-corrected chi connectivity index (χ2v) is 4.14. The minimum atomic E-state index is -0.552. The number of carbonyl (C=O) groups is 1. The van der Waals surface area contributed by atoms with Gasteiger partial charge < -0.3 is 20.0 Å². The molecule has 1 fully saturated rings. The van der Waals surface area contributed by atoms with Crippen LogP contribution in [-0.2, 0) is 19.1 Å². The molecule has 0 radical (unpaired) electrons. The van der Waals surface area contributed by atoms with Crippen LogP contribution in [0.1, 0.15) is 12.0 Å². The van der Waals surface area contributed by atoms with Crippen molar-refractivity contribution in [3.05, 3.63) is 29.8 Å². The van der Waals surface area contributed by atoms with Crippen LogP contribution in [0.3, 0.4) is 0 Å². The lowest BCUT2D eigenvalue weighted by Crippen LogP contribution is -2.19. The van der Waals surface area contributed by atoms with Crippen LogP contribution in [0.2, 0.25) is 0 Å². The average Bonchev–Trinajstić information content (AvgIpc) is 2.93. The molecule has 2 N–H and O–H groups in total. The first-order chi connectivity index (χ1) is 9.20. The molecule has 1 aliphatic heterocycles. The van der Waals surface area contributed by atoms with Crippen LogP contribution in [0.25, 0.3) is 0 Å². The second-order valence-electron chi connectivity index (χ2n) is 4.14. The van der Waals surface area contributed by atoms with Crippen molar-refractivity contribution in [2.75, 3.05) is 26.1 Å². The fourth-order valence-corrected chi connectivity index (χ4v) is 1.67. The normalized spacial score (nSPS) is 19.2. The van der Waals surface area contributed by atoms with Crippen molar-refractivity contribution in [2.24, 2.45) is 5.16 Å². The minimum Gasteiger partial charge on any atom is -0.464 e. The minimum absolute atomic E-state index is 0.117. The molecule has 0 amide bonds. The molecule has 1 heterocycles. The third kappa shape index (κ3) is 3.45. The smallest absolute Gasteiger partial charge is 0.360 e. The molecule has 2 rings (SSSR count). The molecule has 1 aliphatic rings. The van der Waals surface area contributed by atoms with Gasteiger partial charge in [-0.2, -0.15) is 0 Å². The lowest BCUT2D eigenvalue weighted by molar-refractivity contribution is -0.132. The number of esters is 1. The molecule has 6 heteroatoms. The van der Waals surface area contributed by atoms with E-state index in [-0.39, 0.29) is 11.8 Å². The molecular formula is C13H16N2O4. The van der Waals surface area contributed by atoms with Crippen molar-refractivity contribution in [3.63, 3.8) is 0 Å². The van der Waals surface area contributed by atoms with Gasteiger partial charge in [0.15, 0.2) is 11.8 Å². The lowest BCUT2D eigenvalue weighted by Gasteiger charge is -2.08. The number of nitrogen functional groups attached to an aromatic ring is 1. The highest BCUT2D eigenvalue weighted by Crippen LogP contribution is 2.12. The van der Waals surface area contributed by atoms with Crippen molar-refractivity contribution in [1.29, 1.82) is 0 Å². The number of anilines is 1.